The molecule has 0 unspecified atom stereocenters. The third-order valence-electron chi connectivity index (χ3n) is 3.21. The van der Waals surface area contributed by atoms with Crippen molar-refractivity contribution in [3.63, 3.8) is 0 Å². The van der Waals surface area contributed by atoms with Gasteiger partial charge in [-0.05, 0) is 30.3 Å². The maximum Gasteiger partial charge on any atom is 0.246 e. The van der Waals surface area contributed by atoms with E-state index in [2.05, 4.69) is 15.6 Å². The highest BCUT2D eigenvalue weighted by Crippen LogP contribution is 2.31. The second-order valence-electron chi connectivity index (χ2n) is 4.76. The lowest BCUT2D eigenvalue weighted by Gasteiger charge is -2.29. The fourth-order valence-corrected chi connectivity index (χ4v) is 2.39. The minimum absolute atomic E-state index is 0.0777. The first-order valence-electron chi connectivity index (χ1n) is 6.68. The zero-order valence-corrected chi connectivity index (χ0v) is 12.3. The molecule has 1 aromatic heterocycles. The van der Waals surface area contributed by atoms with Gasteiger partial charge in [-0.25, -0.2) is 4.98 Å². The summed E-state index contributed by atoms with van der Waals surface area (Å²) in [5, 5.41) is 6.22. The summed E-state index contributed by atoms with van der Waals surface area (Å²) < 4.78 is 0. The Morgan fingerprint density at radius 3 is 3.00 bits per heavy atom. The van der Waals surface area contributed by atoms with Crippen molar-refractivity contribution in [2.75, 3.05) is 28.6 Å². The Bertz CT molecular complexity index is 721. The Labute approximate surface area is 132 Å². The standard InChI is InChI=1S/C15H13ClN4O2/c16-10-4-5-12-11(7-10)18-8-15(22)20(12)9-14(21)19-13-3-1-2-6-17-13/h1-7,18H,8-9H2,(H,17,19,21). The van der Waals surface area contributed by atoms with Crippen molar-refractivity contribution in [3.05, 3.63) is 47.6 Å². The Hall–Kier alpha value is -2.60. The summed E-state index contributed by atoms with van der Waals surface area (Å²) in [5.74, 6) is -0.0349. The van der Waals surface area contributed by atoms with Gasteiger partial charge in [0.25, 0.3) is 0 Å². The maximum atomic E-state index is 12.1. The molecule has 112 valence electrons. The van der Waals surface area contributed by atoms with Gasteiger partial charge in [-0.3, -0.25) is 14.5 Å². The Morgan fingerprint density at radius 2 is 2.23 bits per heavy atom. The van der Waals surface area contributed by atoms with Gasteiger partial charge < -0.3 is 10.6 Å². The fourth-order valence-electron chi connectivity index (χ4n) is 2.22. The largest absolute Gasteiger partial charge is 0.374 e. The van der Waals surface area contributed by atoms with Gasteiger partial charge in [0.15, 0.2) is 0 Å². The van der Waals surface area contributed by atoms with Crippen LogP contribution < -0.4 is 15.5 Å². The smallest absolute Gasteiger partial charge is 0.246 e. The number of carbonyl (C=O) groups is 2. The second kappa shape index (κ2) is 6.03. The maximum absolute atomic E-state index is 12.1. The van der Waals surface area contributed by atoms with Crippen molar-refractivity contribution in [3.8, 4) is 0 Å². The van der Waals surface area contributed by atoms with E-state index in [4.69, 9.17) is 11.6 Å². The number of anilines is 3. The number of nitrogens with zero attached hydrogens (tertiary/aromatic N) is 2. The molecule has 3 rings (SSSR count). The van der Waals surface area contributed by atoms with Crippen LogP contribution >= 0.6 is 11.6 Å². The van der Waals surface area contributed by atoms with Crippen molar-refractivity contribution in [1.82, 2.24) is 4.98 Å². The molecule has 0 fully saturated rings. The lowest BCUT2D eigenvalue weighted by molar-refractivity contribution is -0.120. The first kappa shape index (κ1) is 14.3. The lowest BCUT2D eigenvalue weighted by Crippen LogP contribution is -2.44. The number of halogens is 1. The minimum atomic E-state index is -0.310. The summed E-state index contributed by atoms with van der Waals surface area (Å²) >= 11 is 5.94. The molecule has 0 saturated heterocycles. The molecule has 7 heteroatoms. The molecule has 2 heterocycles. The van der Waals surface area contributed by atoms with Gasteiger partial charge in [-0.2, -0.15) is 0 Å². The fraction of sp³-hybridized carbons (Fsp3) is 0.133. The van der Waals surface area contributed by atoms with E-state index in [0.29, 0.717) is 16.5 Å². The predicted molar refractivity (Wildman–Crippen MR) is 85.2 cm³/mol. The number of hydrogen-bond donors (Lipinski definition) is 2. The van der Waals surface area contributed by atoms with Crippen LogP contribution in [-0.4, -0.2) is 29.9 Å². The average Bonchev–Trinajstić information content (AvgIpc) is 2.51. The molecule has 2 amide bonds. The second-order valence-corrected chi connectivity index (χ2v) is 5.19. The number of fused-ring (bicyclic) bond motifs is 1. The first-order chi connectivity index (χ1) is 10.6. The Morgan fingerprint density at radius 1 is 1.36 bits per heavy atom. The van der Waals surface area contributed by atoms with E-state index in [1.165, 1.54) is 4.90 Å². The molecular weight excluding hydrogens is 304 g/mol. The summed E-state index contributed by atoms with van der Waals surface area (Å²) in [6.45, 7) is 0.0515. The zero-order valence-electron chi connectivity index (χ0n) is 11.5. The molecule has 22 heavy (non-hydrogen) atoms. The first-order valence-corrected chi connectivity index (χ1v) is 7.06. The van der Waals surface area contributed by atoms with Crippen LogP contribution in [0.3, 0.4) is 0 Å². The Kier molecular flexibility index (Phi) is 3.93. The number of rotatable bonds is 3. The van der Waals surface area contributed by atoms with E-state index in [1.807, 2.05) is 0 Å². The molecule has 0 saturated carbocycles. The van der Waals surface area contributed by atoms with Gasteiger partial charge in [0.2, 0.25) is 11.8 Å². The third kappa shape index (κ3) is 3.01. The van der Waals surface area contributed by atoms with Crippen molar-refractivity contribution < 1.29 is 9.59 Å². The molecule has 0 atom stereocenters. The van der Waals surface area contributed by atoms with Crippen molar-refractivity contribution in [2.45, 2.75) is 0 Å². The summed E-state index contributed by atoms with van der Waals surface area (Å²) in [6, 6.07) is 10.4. The van der Waals surface area contributed by atoms with E-state index in [0.717, 1.165) is 5.69 Å². The quantitative estimate of drug-likeness (QED) is 0.909. The predicted octanol–water partition coefficient (Wildman–Crippen LogP) is 2.13. The number of benzene rings is 1. The van der Waals surface area contributed by atoms with Crippen LogP contribution in [0.25, 0.3) is 0 Å². The number of carbonyl (C=O) groups excluding carboxylic acids is 2. The highest BCUT2D eigenvalue weighted by Gasteiger charge is 2.25. The molecule has 0 bridgehead atoms. The lowest BCUT2D eigenvalue weighted by atomic mass is 10.2. The van der Waals surface area contributed by atoms with Crippen LogP contribution in [0.5, 0.6) is 0 Å². The van der Waals surface area contributed by atoms with Gasteiger partial charge in [0.1, 0.15) is 12.4 Å². The monoisotopic (exact) mass is 316 g/mol. The molecule has 2 aromatic rings. The Balaban J connectivity index is 1.77. The molecular formula is C15H13ClN4O2. The summed E-state index contributed by atoms with van der Waals surface area (Å²) in [4.78, 5) is 29.6. The van der Waals surface area contributed by atoms with Gasteiger partial charge in [0.05, 0.1) is 17.9 Å². The number of pyridine rings is 1. The van der Waals surface area contributed by atoms with Crippen molar-refractivity contribution in [1.29, 1.82) is 0 Å². The zero-order chi connectivity index (χ0) is 15.5. The van der Waals surface area contributed by atoms with Gasteiger partial charge in [0, 0.05) is 11.2 Å². The average molecular weight is 317 g/mol. The number of amides is 2. The summed E-state index contributed by atoms with van der Waals surface area (Å²) in [5.41, 5.74) is 1.37. The summed E-state index contributed by atoms with van der Waals surface area (Å²) in [6.07, 6.45) is 1.59. The van der Waals surface area contributed by atoms with Crippen LogP contribution in [0.15, 0.2) is 42.6 Å². The molecule has 1 aliphatic heterocycles. The van der Waals surface area contributed by atoms with Crippen LogP contribution in [0.2, 0.25) is 5.02 Å². The molecule has 0 radical (unpaired) electrons. The normalized spacial score (nSPS) is 13.3. The molecule has 1 aromatic carbocycles. The SMILES string of the molecule is O=C(CN1C(=O)CNc2cc(Cl)ccc21)Nc1ccccn1. The molecule has 2 N–H and O–H groups in total. The number of nitrogens with one attached hydrogen (secondary N) is 2. The molecule has 0 spiro atoms. The minimum Gasteiger partial charge on any atom is -0.374 e. The molecule has 1 aliphatic rings. The van der Waals surface area contributed by atoms with Crippen molar-refractivity contribution >= 4 is 40.6 Å². The van der Waals surface area contributed by atoms with E-state index < -0.39 is 0 Å². The van der Waals surface area contributed by atoms with Crippen LogP contribution in [0.1, 0.15) is 0 Å². The van der Waals surface area contributed by atoms with Gasteiger partial charge in [-0.15, -0.1) is 0 Å². The highest BCUT2D eigenvalue weighted by atomic mass is 35.5. The van der Waals surface area contributed by atoms with E-state index in [1.54, 1.807) is 42.6 Å². The van der Waals surface area contributed by atoms with E-state index in [9.17, 15) is 9.59 Å². The topological polar surface area (TPSA) is 74.3 Å². The van der Waals surface area contributed by atoms with Crippen LogP contribution in [0.4, 0.5) is 17.2 Å². The van der Waals surface area contributed by atoms with E-state index in [-0.39, 0.29) is 24.9 Å². The number of aromatic nitrogens is 1. The summed E-state index contributed by atoms with van der Waals surface area (Å²) in [7, 11) is 0. The molecule has 0 aliphatic carbocycles. The van der Waals surface area contributed by atoms with Crippen LogP contribution in [0, 0.1) is 0 Å². The van der Waals surface area contributed by atoms with Gasteiger partial charge in [-0.1, -0.05) is 17.7 Å². The van der Waals surface area contributed by atoms with Crippen molar-refractivity contribution in [2.24, 2.45) is 0 Å². The highest BCUT2D eigenvalue weighted by molar-refractivity contribution is 6.31. The number of hydrogen-bond acceptors (Lipinski definition) is 4. The van der Waals surface area contributed by atoms with E-state index >= 15 is 0 Å². The third-order valence-corrected chi connectivity index (χ3v) is 3.45. The van der Waals surface area contributed by atoms with Crippen LogP contribution in [-0.2, 0) is 9.59 Å². The van der Waals surface area contributed by atoms with Gasteiger partial charge >= 0.3 is 0 Å². The molecule has 6 nitrogen and oxygen atoms in total.